The van der Waals surface area contributed by atoms with E-state index in [0.29, 0.717) is 5.56 Å². The molecule has 6 heteroatoms. The molecule has 2 aromatic carbocycles. The highest BCUT2D eigenvalue weighted by atomic mass is 16.6. The lowest BCUT2D eigenvalue weighted by atomic mass is 10.1. The molecular weight excluding hydrogens is 328 g/mol. The Hall–Kier alpha value is -2.99. The summed E-state index contributed by atoms with van der Waals surface area (Å²) < 4.78 is 0. The minimum atomic E-state index is -0.372. The zero-order valence-corrected chi connectivity index (χ0v) is 14.6. The maximum atomic E-state index is 11.0. The van der Waals surface area contributed by atoms with Crippen molar-refractivity contribution in [2.24, 2.45) is 5.10 Å². The summed E-state index contributed by atoms with van der Waals surface area (Å²) >= 11 is 0. The van der Waals surface area contributed by atoms with Crippen molar-refractivity contribution in [2.75, 3.05) is 26.2 Å². The zero-order valence-electron chi connectivity index (χ0n) is 14.6. The molecule has 0 saturated carbocycles. The first-order valence-electron chi connectivity index (χ1n) is 8.68. The summed E-state index contributed by atoms with van der Waals surface area (Å²) in [6.07, 6.45) is 5.16. The molecule has 0 radical (unpaired) electrons. The van der Waals surface area contributed by atoms with Gasteiger partial charge in [-0.3, -0.25) is 20.0 Å². The second kappa shape index (κ2) is 8.92. The van der Waals surface area contributed by atoms with Crippen molar-refractivity contribution >= 4 is 18.0 Å². The Morgan fingerprint density at radius 2 is 1.69 bits per heavy atom. The number of nitrogens with zero attached hydrogens (tertiary/aromatic N) is 4. The number of piperazine rings is 1. The van der Waals surface area contributed by atoms with Crippen molar-refractivity contribution in [1.82, 2.24) is 9.91 Å². The van der Waals surface area contributed by atoms with Crippen LogP contribution in [0.3, 0.4) is 0 Å². The Balaban J connectivity index is 1.48. The molecule has 134 valence electrons. The molecule has 0 atom stereocenters. The maximum Gasteiger partial charge on any atom is 0.276 e. The van der Waals surface area contributed by atoms with Gasteiger partial charge in [-0.1, -0.05) is 42.5 Å². The molecule has 0 aromatic heterocycles. The van der Waals surface area contributed by atoms with Gasteiger partial charge < -0.3 is 0 Å². The van der Waals surface area contributed by atoms with E-state index in [1.165, 1.54) is 11.6 Å². The summed E-state index contributed by atoms with van der Waals surface area (Å²) in [6, 6.07) is 17.2. The number of benzene rings is 2. The van der Waals surface area contributed by atoms with Crippen LogP contribution < -0.4 is 0 Å². The Bertz CT molecular complexity index is 781. The lowest BCUT2D eigenvalue weighted by Crippen LogP contribution is -2.43. The minimum Gasteiger partial charge on any atom is -0.295 e. The molecule has 1 aliphatic rings. The Morgan fingerprint density at radius 1 is 1.00 bits per heavy atom. The van der Waals surface area contributed by atoms with Gasteiger partial charge in [0, 0.05) is 45.0 Å². The molecule has 1 fully saturated rings. The molecule has 0 aliphatic carbocycles. The third-order valence-electron chi connectivity index (χ3n) is 4.32. The van der Waals surface area contributed by atoms with Crippen molar-refractivity contribution in [3.8, 4) is 0 Å². The highest BCUT2D eigenvalue weighted by molar-refractivity contribution is 5.79. The van der Waals surface area contributed by atoms with E-state index < -0.39 is 0 Å². The lowest BCUT2D eigenvalue weighted by molar-refractivity contribution is -0.385. The molecule has 0 bridgehead atoms. The van der Waals surface area contributed by atoms with Gasteiger partial charge in [-0.15, -0.1) is 0 Å². The molecule has 26 heavy (non-hydrogen) atoms. The first-order valence-corrected chi connectivity index (χ1v) is 8.68. The Kier molecular flexibility index (Phi) is 6.11. The molecule has 0 unspecified atom stereocenters. The largest absolute Gasteiger partial charge is 0.295 e. The van der Waals surface area contributed by atoms with Gasteiger partial charge in [0.1, 0.15) is 0 Å². The quantitative estimate of drug-likeness (QED) is 0.455. The number of rotatable bonds is 6. The van der Waals surface area contributed by atoms with E-state index in [2.05, 4.69) is 34.3 Å². The summed E-state index contributed by atoms with van der Waals surface area (Å²) in [4.78, 5) is 13.0. The number of hydrazone groups is 1. The van der Waals surface area contributed by atoms with Gasteiger partial charge in [0.15, 0.2) is 0 Å². The SMILES string of the molecule is O=[N+]([O-])c1ccccc1C=C/C=N/N1CCN(Cc2ccccc2)CC1. The number of para-hydroxylation sites is 1. The summed E-state index contributed by atoms with van der Waals surface area (Å²) in [5.74, 6) is 0. The van der Waals surface area contributed by atoms with Crippen LogP contribution in [-0.4, -0.2) is 47.2 Å². The fourth-order valence-electron chi connectivity index (χ4n) is 2.93. The van der Waals surface area contributed by atoms with Gasteiger partial charge in [-0.05, 0) is 23.8 Å². The highest BCUT2D eigenvalue weighted by Crippen LogP contribution is 2.18. The van der Waals surface area contributed by atoms with Crippen LogP contribution >= 0.6 is 0 Å². The molecular formula is C20H22N4O2. The second-order valence-electron chi connectivity index (χ2n) is 6.15. The zero-order chi connectivity index (χ0) is 18.2. The topological polar surface area (TPSA) is 62.0 Å². The molecule has 1 aliphatic heterocycles. The van der Waals surface area contributed by atoms with Gasteiger partial charge in [0.2, 0.25) is 0 Å². The van der Waals surface area contributed by atoms with Crippen LogP contribution in [0.2, 0.25) is 0 Å². The van der Waals surface area contributed by atoms with E-state index in [1.807, 2.05) is 11.1 Å². The van der Waals surface area contributed by atoms with E-state index in [-0.39, 0.29) is 10.6 Å². The first-order chi connectivity index (χ1) is 12.7. The van der Waals surface area contributed by atoms with E-state index >= 15 is 0 Å². The van der Waals surface area contributed by atoms with E-state index in [9.17, 15) is 10.1 Å². The third-order valence-corrected chi connectivity index (χ3v) is 4.32. The highest BCUT2D eigenvalue weighted by Gasteiger charge is 2.15. The van der Waals surface area contributed by atoms with Crippen molar-refractivity contribution < 1.29 is 4.92 Å². The fraction of sp³-hybridized carbons (Fsp3) is 0.250. The first kappa shape index (κ1) is 17.8. The molecule has 1 heterocycles. The molecule has 0 amide bonds. The Morgan fingerprint density at radius 3 is 2.42 bits per heavy atom. The smallest absolute Gasteiger partial charge is 0.276 e. The molecule has 3 rings (SSSR count). The molecule has 0 N–H and O–H groups in total. The molecule has 0 spiro atoms. The lowest BCUT2D eigenvalue weighted by Gasteiger charge is -2.32. The van der Waals surface area contributed by atoms with Crippen LogP contribution in [0.15, 0.2) is 65.8 Å². The van der Waals surface area contributed by atoms with Crippen molar-refractivity contribution in [1.29, 1.82) is 0 Å². The Labute approximate surface area is 153 Å². The van der Waals surface area contributed by atoms with Crippen LogP contribution in [0, 0.1) is 10.1 Å². The summed E-state index contributed by atoms with van der Waals surface area (Å²) in [7, 11) is 0. The monoisotopic (exact) mass is 350 g/mol. The van der Waals surface area contributed by atoms with Gasteiger partial charge in [-0.25, -0.2) is 0 Å². The summed E-state index contributed by atoms with van der Waals surface area (Å²) in [5.41, 5.74) is 2.01. The van der Waals surface area contributed by atoms with E-state index in [4.69, 9.17) is 0 Å². The number of hydrogen-bond donors (Lipinski definition) is 0. The van der Waals surface area contributed by atoms with Crippen LogP contribution in [0.1, 0.15) is 11.1 Å². The average molecular weight is 350 g/mol. The van der Waals surface area contributed by atoms with Crippen LogP contribution in [0.4, 0.5) is 5.69 Å². The minimum absolute atomic E-state index is 0.103. The summed E-state index contributed by atoms with van der Waals surface area (Å²) in [6.45, 7) is 4.67. The number of nitro benzene ring substituents is 1. The van der Waals surface area contributed by atoms with Crippen molar-refractivity contribution in [3.05, 3.63) is 81.9 Å². The number of hydrogen-bond acceptors (Lipinski definition) is 5. The van der Waals surface area contributed by atoms with Crippen molar-refractivity contribution in [3.63, 3.8) is 0 Å². The summed E-state index contributed by atoms with van der Waals surface area (Å²) in [5, 5.41) is 17.5. The van der Waals surface area contributed by atoms with Gasteiger partial charge in [-0.2, -0.15) is 5.10 Å². The standard InChI is InChI=1S/C20H22N4O2/c25-24(26)20-11-5-4-9-19(20)10-6-12-21-23-15-13-22(14-16-23)17-18-7-2-1-3-8-18/h1-12H,13-17H2/b10-6?,21-12+. The molecule has 6 nitrogen and oxygen atoms in total. The van der Waals surface area contributed by atoms with Crippen LogP contribution in [-0.2, 0) is 6.54 Å². The predicted molar refractivity (Wildman–Crippen MR) is 104 cm³/mol. The van der Waals surface area contributed by atoms with E-state index in [1.54, 1.807) is 36.6 Å². The fourth-order valence-corrected chi connectivity index (χ4v) is 2.93. The van der Waals surface area contributed by atoms with Crippen LogP contribution in [0.25, 0.3) is 6.08 Å². The third kappa shape index (κ3) is 5.00. The molecule has 1 saturated heterocycles. The second-order valence-corrected chi connectivity index (χ2v) is 6.15. The van der Waals surface area contributed by atoms with Crippen molar-refractivity contribution in [2.45, 2.75) is 6.54 Å². The molecule has 2 aromatic rings. The van der Waals surface area contributed by atoms with Gasteiger partial charge in [0.05, 0.1) is 10.5 Å². The normalized spacial score (nSPS) is 15.8. The average Bonchev–Trinajstić information content (AvgIpc) is 2.67. The number of allylic oxidation sites excluding steroid dienone is 1. The predicted octanol–water partition coefficient (Wildman–Crippen LogP) is 3.41. The maximum absolute atomic E-state index is 11.0. The van der Waals surface area contributed by atoms with E-state index in [0.717, 1.165) is 32.7 Å². The van der Waals surface area contributed by atoms with Gasteiger partial charge >= 0.3 is 0 Å². The van der Waals surface area contributed by atoms with Gasteiger partial charge in [0.25, 0.3) is 5.69 Å². The number of nitro groups is 1. The van der Waals surface area contributed by atoms with Crippen LogP contribution in [0.5, 0.6) is 0 Å².